The summed E-state index contributed by atoms with van der Waals surface area (Å²) >= 11 is 1.55. The average Bonchev–Trinajstić information content (AvgIpc) is 2.55. The van der Waals surface area contributed by atoms with Crippen LogP contribution in [0.2, 0.25) is 0 Å². The summed E-state index contributed by atoms with van der Waals surface area (Å²) in [5.74, 6) is -0.0493. The lowest BCUT2D eigenvalue weighted by Crippen LogP contribution is -2.26. The summed E-state index contributed by atoms with van der Waals surface area (Å²) in [6, 6.07) is 0. The summed E-state index contributed by atoms with van der Waals surface area (Å²) in [6.45, 7) is 1.98. The maximum absolute atomic E-state index is 11.2. The zero-order chi connectivity index (χ0) is 8.97. The third kappa shape index (κ3) is 2.24. The van der Waals surface area contributed by atoms with Crippen molar-refractivity contribution in [3.05, 3.63) is 0 Å². The van der Waals surface area contributed by atoms with E-state index in [0.717, 1.165) is 18.6 Å². The standard InChI is InChI=1S/C8H12O3S/c1-2-11-8(10)7(9)6-4-3-5-12-6/h6H,2-5H2,1H3. The number of ketones is 1. The van der Waals surface area contributed by atoms with Gasteiger partial charge in [0.2, 0.25) is 0 Å². The maximum Gasteiger partial charge on any atom is 0.375 e. The van der Waals surface area contributed by atoms with Gasteiger partial charge in [0.15, 0.2) is 0 Å². The molecule has 12 heavy (non-hydrogen) atoms. The van der Waals surface area contributed by atoms with Gasteiger partial charge in [0.05, 0.1) is 11.9 Å². The minimum atomic E-state index is -0.670. The fourth-order valence-corrected chi connectivity index (χ4v) is 2.32. The number of thioether (sulfide) groups is 1. The van der Waals surface area contributed by atoms with Gasteiger partial charge in [0.1, 0.15) is 0 Å². The van der Waals surface area contributed by atoms with Crippen LogP contribution in [-0.4, -0.2) is 29.4 Å². The Morgan fingerprint density at radius 1 is 1.58 bits per heavy atom. The summed E-state index contributed by atoms with van der Waals surface area (Å²) in [5, 5.41) is -0.135. The highest BCUT2D eigenvalue weighted by atomic mass is 32.2. The fourth-order valence-electron chi connectivity index (χ4n) is 1.12. The van der Waals surface area contributed by atoms with Crippen LogP contribution in [0.25, 0.3) is 0 Å². The van der Waals surface area contributed by atoms with E-state index in [0.29, 0.717) is 0 Å². The lowest BCUT2D eigenvalue weighted by molar-refractivity contribution is -0.153. The molecule has 0 spiro atoms. The molecule has 1 heterocycles. The Morgan fingerprint density at radius 3 is 2.83 bits per heavy atom. The highest BCUT2D eigenvalue weighted by Gasteiger charge is 2.29. The van der Waals surface area contributed by atoms with Gasteiger partial charge in [-0.2, -0.15) is 0 Å². The van der Waals surface area contributed by atoms with Crippen molar-refractivity contribution in [2.75, 3.05) is 12.4 Å². The first-order valence-corrected chi connectivity index (χ1v) is 5.13. The van der Waals surface area contributed by atoms with Crippen molar-refractivity contribution < 1.29 is 14.3 Å². The Bertz CT molecular complexity index is 185. The van der Waals surface area contributed by atoms with Gasteiger partial charge in [0.25, 0.3) is 5.78 Å². The third-order valence-corrected chi connectivity index (χ3v) is 3.08. The largest absolute Gasteiger partial charge is 0.460 e. The molecule has 0 aliphatic carbocycles. The molecule has 0 aromatic carbocycles. The molecule has 0 aromatic heterocycles. The molecule has 1 saturated heterocycles. The second kappa shape index (κ2) is 4.50. The molecule has 0 N–H and O–H groups in total. The van der Waals surface area contributed by atoms with E-state index in [4.69, 9.17) is 0 Å². The Kier molecular flexibility index (Phi) is 3.59. The number of hydrogen-bond donors (Lipinski definition) is 0. The second-order valence-electron chi connectivity index (χ2n) is 2.59. The molecule has 1 rings (SSSR count). The Morgan fingerprint density at radius 2 is 2.33 bits per heavy atom. The molecule has 4 heteroatoms. The average molecular weight is 188 g/mol. The van der Waals surface area contributed by atoms with Crippen LogP contribution in [0.3, 0.4) is 0 Å². The number of carbonyl (C=O) groups excluding carboxylic acids is 2. The van der Waals surface area contributed by atoms with Crippen molar-refractivity contribution in [2.24, 2.45) is 0 Å². The number of ether oxygens (including phenoxy) is 1. The SMILES string of the molecule is CCOC(=O)C(=O)C1CCCS1. The molecule has 68 valence electrons. The third-order valence-electron chi connectivity index (χ3n) is 1.70. The van der Waals surface area contributed by atoms with E-state index in [1.165, 1.54) is 0 Å². The summed E-state index contributed by atoms with van der Waals surface area (Å²) in [5.41, 5.74) is 0. The van der Waals surface area contributed by atoms with Gasteiger partial charge in [0, 0.05) is 0 Å². The van der Waals surface area contributed by atoms with Gasteiger partial charge in [-0.25, -0.2) is 4.79 Å². The summed E-state index contributed by atoms with van der Waals surface area (Å²) in [7, 11) is 0. The van der Waals surface area contributed by atoms with Crippen molar-refractivity contribution >= 4 is 23.5 Å². The smallest absolute Gasteiger partial charge is 0.375 e. The van der Waals surface area contributed by atoms with E-state index >= 15 is 0 Å². The minimum absolute atomic E-state index is 0.135. The topological polar surface area (TPSA) is 43.4 Å². The van der Waals surface area contributed by atoms with Crippen LogP contribution >= 0.6 is 11.8 Å². The lowest BCUT2D eigenvalue weighted by atomic mass is 10.2. The summed E-state index contributed by atoms with van der Waals surface area (Å²) in [4.78, 5) is 22.2. The molecule has 1 aliphatic rings. The highest BCUT2D eigenvalue weighted by molar-refractivity contribution is 8.00. The summed E-state index contributed by atoms with van der Waals surface area (Å²) in [6.07, 6.45) is 1.85. The van der Waals surface area contributed by atoms with E-state index in [1.807, 2.05) is 0 Å². The molecule has 3 nitrogen and oxygen atoms in total. The van der Waals surface area contributed by atoms with Crippen molar-refractivity contribution in [1.29, 1.82) is 0 Å². The fraction of sp³-hybridized carbons (Fsp3) is 0.750. The number of rotatable bonds is 3. The van der Waals surface area contributed by atoms with Gasteiger partial charge in [-0.15, -0.1) is 11.8 Å². The van der Waals surface area contributed by atoms with Crippen molar-refractivity contribution in [1.82, 2.24) is 0 Å². The molecule has 0 aromatic rings. The van der Waals surface area contributed by atoms with Crippen LogP contribution in [0, 0.1) is 0 Å². The zero-order valence-corrected chi connectivity index (χ0v) is 7.86. The van der Waals surface area contributed by atoms with Crippen LogP contribution < -0.4 is 0 Å². The predicted molar refractivity (Wildman–Crippen MR) is 47.1 cm³/mol. The predicted octanol–water partition coefficient (Wildman–Crippen LogP) is 1.01. The van der Waals surface area contributed by atoms with Gasteiger partial charge in [-0.05, 0) is 25.5 Å². The van der Waals surface area contributed by atoms with E-state index in [2.05, 4.69) is 4.74 Å². The van der Waals surface area contributed by atoms with Gasteiger partial charge >= 0.3 is 5.97 Å². The number of esters is 1. The van der Waals surface area contributed by atoms with Crippen molar-refractivity contribution in [3.8, 4) is 0 Å². The van der Waals surface area contributed by atoms with E-state index in [-0.39, 0.29) is 17.6 Å². The minimum Gasteiger partial charge on any atom is -0.460 e. The maximum atomic E-state index is 11.2. The van der Waals surface area contributed by atoms with Crippen LogP contribution in [0.4, 0.5) is 0 Å². The first-order chi connectivity index (χ1) is 5.75. The van der Waals surface area contributed by atoms with E-state index < -0.39 is 5.97 Å². The number of carbonyl (C=O) groups is 2. The Hall–Kier alpha value is -0.510. The molecule has 0 amide bonds. The van der Waals surface area contributed by atoms with Crippen LogP contribution in [0.1, 0.15) is 19.8 Å². The van der Waals surface area contributed by atoms with E-state index in [1.54, 1.807) is 18.7 Å². The molecule has 0 saturated carbocycles. The highest BCUT2D eigenvalue weighted by Crippen LogP contribution is 2.26. The molecule has 0 radical (unpaired) electrons. The first kappa shape index (κ1) is 9.58. The molecule has 1 aliphatic heterocycles. The van der Waals surface area contributed by atoms with E-state index in [9.17, 15) is 9.59 Å². The van der Waals surface area contributed by atoms with Crippen molar-refractivity contribution in [2.45, 2.75) is 25.0 Å². The van der Waals surface area contributed by atoms with Crippen molar-refractivity contribution in [3.63, 3.8) is 0 Å². The monoisotopic (exact) mass is 188 g/mol. The number of hydrogen-bond acceptors (Lipinski definition) is 4. The van der Waals surface area contributed by atoms with Crippen LogP contribution in [-0.2, 0) is 14.3 Å². The van der Waals surface area contributed by atoms with Crippen LogP contribution in [0.5, 0.6) is 0 Å². The Labute approximate surface area is 75.8 Å². The second-order valence-corrected chi connectivity index (χ2v) is 3.90. The summed E-state index contributed by atoms with van der Waals surface area (Å²) < 4.78 is 4.61. The molecular formula is C8H12O3S. The normalized spacial score (nSPS) is 22.2. The van der Waals surface area contributed by atoms with Gasteiger partial charge in [-0.1, -0.05) is 0 Å². The van der Waals surface area contributed by atoms with Gasteiger partial charge in [-0.3, -0.25) is 4.79 Å². The van der Waals surface area contributed by atoms with Crippen LogP contribution in [0.15, 0.2) is 0 Å². The first-order valence-electron chi connectivity index (χ1n) is 4.08. The Balaban J connectivity index is 2.40. The molecule has 0 bridgehead atoms. The number of Topliss-reactive ketones (excluding diaryl/α,β-unsaturated/α-hetero) is 1. The zero-order valence-electron chi connectivity index (χ0n) is 7.04. The molecule has 1 atom stereocenters. The molecule has 1 fully saturated rings. The van der Waals surface area contributed by atoms with Gasteiger partial charge < -0.3 is 4.74 Å². The molecular weight excluding hydrogens is 176 g/mol. The quantitative estimate of drug-likeness (QED) is 0.490. The lowest BCUT2D eigenvalue weighted by Gasteiger charge is -2.05. The molecule has 1 unspecified atom stereocenters.